The van der Waals surface area contributed by atoms with Crippen LogP contribution in [0.2, 0.25) is 0 Å². The number of carboxylic acid groups (broad SMARTS) is 1. The van der Waals surface area contributed by atoms with Gasteiger partial charge >= 0.3 is 5.97 Å². The largest absolute Gasteiger partial charge is 0.515 e. The van der Waals surface area contributed by atoms with Crippen molar-refractivity contribution in [3.63, 3.8) is 0 Å². The Kier molecular flexibility index (Phi) is 3.70. The van der Waals surface area contributed by atoms with Gasteiger partial charge in [-0.3, -0.25) is 14.5 Å². The van der Waals surface area contributed by atoms with E-state index in [-0.39, 0.29) is 33.3 Å². The van der Waals surface area contributed by atoms with Crippen LogP contribution in [0.4, 0.5) is 0 Å². The fourth-order valence-electron chi connectivity index (χ4n) is 4.00. The first-order chi connectivity index (χ1) is 9.30. The predicted octanol–water partition coefficient (Wildman–Crippen LogP) is 0.369. The van der Waals surface area contributed by atoms with Gasteiger partial charge in [0, 0.05) is 21.1 Å². The van der Waals surface area contributed by atoms with Crippen LogP contribution >= 0.6 is 0 Å². The number of hydrogen-bond donors (Lipinski definition) is 1. The van der Waals surface area contributed by atoms with Crippen molar-refractivity contribution in [3.05, 3.63) is 12.7 Å². The average molecular weight is 462 g/mol. The molecule has 6 nitrogen and oxygen atoms in total. The fourth-order valence-corrected chi connectivity index (χ4v) is 4.00. The van der Waals surface area contributed by atoms with Crippen molar-refractivity contribution in [2.45, 2.75) is 44.9 Å². The van der Waals surface area contributed by atoms with E-state index >= 15 is 0 Å². The Balaban J connectivity index is 0.00000161. The molecule has 0 aromatic heterocycles. The van der Waals surface area contributed by atoms with Crippen molar-refractivity contribution in [1.29, 1.82) is 0 Å². The van der Waals surface area contributed by atoms with E-state index in [2.05, 4.69) is 0 Å². The number of rotatable bonds is 3. The molecule has 3 saturated heterocycles. The van der Waals surface area contributed by atoms with Crippen molar-refractivity contribution in [3.8, 4) is 0 Å². The monoisotopic (exact) mass is 462 g/mol. The average Bonchev–Trinajstić information content (AvgIpc) is 3.00. The molecule has 2 amide bonds. The van der Waals surface area contributed by atoms with Crippen LogP contribution in [0.15, 0.2) is 6.08 Å². The maximum atomic E-state index is 12.7. The number of aliphatic carboxylic acids is 1. The summed E-state index contributed by atoms with van der Waals surface area (Å²) in [6.45, 7) is 8.72. The van der Waals surface area contributed by atoms with Gasteiger partial charge in [-0.05, 0) is 26.7 Å². The van der Waals surface area contributed by atoms with Gasteiger partial charge in [-0.15, -0.1) is 0 Å². The second-order valence-corrected chi connectivity index (χ2v) is 6.05. The van der Waals surface area contributed by atoms with Crippen LogP contribution in [0.25, 0.3) is 0 Å². The zero-order valence-electron chi connectivity index (χ0n) is 11.7. The number of hydrogen-bond acceptors (Lipinski definition) is 4. The molecule has 0 saturated carbocycles. The van der Waals surface area contributed by atoms with Gasteiger partial charge in [0.1, 0.15) is 6.04 Å². The van der Waals surface area contributed by atoms with Gasteiger partial charge in [-0.25, -0.2) is 10.9 Å². The number of nitrogens with zero attached hydrogens (tertiary/aromatic N) is 1. The molecule has 3 aliphatic heterocycles. The Morgan fingerprint density at radius 1 is 1.33 bits per heavy atom. The van der Waals surface area contributed by atoms with Crippen LogP contribution in [0, 0.1) is 17.4 Å². The van der Waals surface area contributed by atoms with Crippen molar-refractivity contribution in [1.82, 2.24) is 4.90 Å². The molecule has 114 valence electrons. The second kappa shape index (κ2) is 4.75. The van der Waals surface area contributed by atoms with E-state index in [1.165, 1.54) is 0 Å². The molecule has 3 aliphatic rings. The van der Waals surface area contributed by atoms with Crippen molar-refractivity contribution in [2.75, 3.05) is 0 Å². The molecule has 0 spiro atoms. The summed E-state index contributed by atoms with van der Waals surface area (Å²) in [6.07, 6.45) is 1.65. The van der Waals surface area contributed by atoms with Gasteiger partial charge in [0.05, 0.1) is 23.0 Å². The Morgan fingerprint density at radius 2 is 1.76 bits per heavy atom. The first-order valence-electron chi connectivity index (χ1n) is 6.61. The predicted molar refractivity (Wildman–Crippen MR) is 66.3 cm³/mol. The van der Waals surface area contributed by atoms with Crippen molar-refractivity contribution >= 4 is 17.8 Å². The van der Waals surface area contributed by atoms with E-state index < -0.39 is 34.7 Å². The molecule has 7 heteroatoms. The van der Waals surface area contributed by atoms with E-state index in [9.17, 15) is 14.4 Å². The maximum absolute atomic E-state index is 12.7. The topological polar surface area (TPSA) is 83.9 Å². The van der Waals surface area contributed by atoms with Gasteiger partial charge < -0.3 is 16.4 Å². The zero-order valence-corrected chi connectivity index (χ0v) is 14.7. The van der Waals surface area contributed by atoms with E-state index in [1.807, 2.05) is 0 Å². The van der Waals surface area contributed by atoms with Crippen LogP contribution in [0.5, 0.6) is 0 Å². The SMILES string of the molecule is [CH-]=CC(C(=O)O)N1C(=O)C2(C)C3CCC(O3)[C@@]2(C)C1=O.[W]. The summed E-state index contributed by atoms with van der Waals surface area (Å²) in [5.41, 5.74) is -1.99. The summed E-state index contributed by atoms with van der Waals surface area (Å²) >= 11 is 0. The molecule has 3 heterocycles. The molecule has 2 bridgehead atoms. The summed E-state index contributed by atoms with van der Waals surface area (Å²) in [5.74, 6) is -2.30. The maximum Gasteiger partial charge on any atom is 0.328 e. The minimum Gasteiger partial charge on any atom is -0.515 e. The summed E-state index contributed by atoms with van der Waals surface area (Å²) in [7, 11) is 0. The molecule has 1 N–H and O–H groups in total. The second-order valence-electron chi connectivity index (χ2n) is 6.05. The minimum atomic E-state index is -1.42. The molecule has 3 fully saturated rings. The van der Waals surface area contributed by atoms with Gasteiger partial charge in [0.25, 0.3) is 0 Å². The van der Waals surface area contributed by atoms with E-state index in [0.29, 0.717) is 12.8 Å². The first kappa shape index (κ1) is 16.4. The fraction of sp³-hybridized carbons (Fsp3) is 0.643. The smallest absolute Gasteiger partial charge is 0.328 e. The molecule has 5 atom stereocenters. The van der Waals surface area contributed by atoms with Crippen LogP contribution in [-0.2, 0) is 40.2 Å². The first-order valence-corrected chi connectivity index (χ1v) is 6.61. The van der Waals surface area contributed by atoms with Gasteiger partial charge in [-0.1, -0.05) is 0 Å². The molecule has 4 unspecified atom stereocenters. The Bertz CT molecular complexity index is 515. The molecule has 0 aromatic rings. The third-order valence-corrected chi connectivity index (χ3v) is 5.43. The van der Waals surface area contributed by atoms with Crippen LogP contribution in [-0.4, -0.2) is 46.0 Å². The summed E-state index contributed by atoms with van der Waals surface area (Å²) in [4.78, 5) is 37.4. The molecular formula is C14H16NO5W-. The number of imide groups is 1. The Labute approximate surface area is 136 Å². The molecule has 0 aromatic carbocycles. The Morgan fingerprint density at radius 3 is 2.10 bits per heavy atom. The van der Waals surface area contributed by atoms with Crippen LogP contribution in [0.1, 0.15) is 26.7 Å². The van der Waals surface area contributed by atoms with Crippen molar-refractivity contribution < 1.29 is 45.3 Å². The minimum absolute atomic E-state index is 0. The quantitative estimate of drug-likeness (QED) is 0.485. The summed E-state index contributed by atoms with van der Waals surface area (Å²) < 4.78 is 5.75. The molecular weight excluding hydrogens is 446 g/mol. The number of carboxylic acids is 1. The van der Waals surface area contributed by atoms with E-state index in [4.69, 9.17) is 16.4 Å². The van der Waals surface area contributed by atoms with E-state index in [0.717, 1.165) is 11.0 Å². The third kappa shape index (κ3) is 1.58. The van der Waals surface area contributed by atoms with Gasteiger partial charge in [-0.2, -0.15) is 0 Å². The summed E-state index contributed by atoms with van der Waals surface area (Å²) in [6, 6.07) is -1.42. The number of likely N-dealkylation sites (tertiary alicyclic amines) is 1. The molecule has 0 radical (unpaired) electrons. The normalized spacial score (nSPS) is 41.7. The number of carbonyl (C=O) groups excluding carboxylic acids is 2. The van der Waals surface area contributed by atoms with Crippen molar-refractivity contribution in [2.24, 2.45) is 10.8 Å². The molecule has 0 aliphatic carbocycles. The van der Waals surface area contributed by atoms with Gasteiger partial charge in [0.15, 0.2) is 0 Å². The van der Waals surface area contributed by atoms with Crippen LogP contribution in [0.3, 0.4) is 0 Å². The zero-order chi connectivity index (χ0) is 14.9. The standard InChI is InChI=1S/C14H16NO5.W/c1-4-7(10(16)17)15-11(18)13(2)8-5-6-9(20-8)14(13,3)12(15)19;/h1,4,7-9H,5-6H2,2-3H3,(H,16,17);/q-1;/t7?,8?,9?,13-,14?;/m0./s1. The number of ether oxygens (including phenoxy) is 1. The number of amides is 2. The molecule has 21 heavy (non-hydrogen) atoms. The van der Waals surface area contributed by atoms with Gasteiger partial charge in [0.2, 0.25) is 11.8 Å². The third-order valence-electron chi connectivity index (χ3n) is 5.43. The number of carbonyl (C=O) groups is 3. The van der Waals surface area contributed by atoms with E-state index in [1.54, 1.807) is 13.8 Å². The summed E-state index contributed by atoms with van der Waals surface area (Å²) in [5, 5.41) is 9.16. The Hall–Kier alpha value is -1.00. The number of fused-ring (bicyclic) bond motifs is 5. The molecule has 3 rings (SSSR count). The van der Waals surface area contributed by atoms with Crippen LogP contribution < -0.4 is 0 Å².